The van der Waals surface area contributed by atoms with Gasteiger partial charge in [-0.1, -0.05) is 13.8 Å². The maximum absolute atomic E-state index is 11.9. The lowest BCUT2D eigenvalue weighted by atomic mass is 10.1. The minimum atomic E-state index is -0.00676. The number of amides is 1. The van der Waals surface area contributed by atoms with Gasteiger partial charge < -0.3 is 19.3 Å². The minimum Gasteiger partial charge on any atom is -0.458 e. The fraction of sp³-hybridized carbons (Fsp3) is 0.688. The Labute approximate surface area is 145 Å². The maximum atomic E-state index is 11.9. The van der Waals surface area contributed by atoms with E-state index in [0.29, 0.717) is 32.3 Å². The Kier molecular flexibility index (Phi) is 4.03. The third kappa shape index (κ3) is 2.82. The Morgan fingerprint density at radius 2 is 2.04 bits per heavy atom. The van der Waals surface area contributed by atoms with Crippen molar-refractivity contribution in [2.24, 2.45) is 13.0 Å². The number of carbonyl (C=O) groups is 1. The highest BCUT2D eigenvalue weighted by Crippen LogP contribution is 2.28. The molecule has 4 heterocycles. The van der Waals surface area contributed by atoms with Gasteiger partial charge in [0.1, 0.15) is 6.10 Å². The van der Waals surface area contributed by atoms with Gasteiger partial charge in [-0.2, -0.15) is 10.1 Å². The van der Waals surface area contributed by atoms with Gasteiger partial charge in [0.15, 0.2) is 17.0 Å². The van der Waals surface area contributed by atoms with Crippen molar-refractivity contribution in [1.29, 1.82) is 0 Å². The first-order valence-electron chi connectivity index (χ1n) is 8.73. The van der Waals surface area contributed by atoms with E-state index in [1.807, 2.05) is 30.4 Å². The molecule has 0 aliphatic carbocycles. The number of H-pyrrole nitrogens is 1. The molecule has 2 aromatic heterocycles. The number of hydrogen-bond donors (Lipinski definition) is 1. The number of likely N-dealkylation sites (tertiary alicyclic amines) is 1. The standard InChI is InChI=1S/C16H24N6O3/c1-10(2)15(23)22-8-11(9-22)25-16-17-12-13(20(16)3)18-19-14(12)21-4-6-24-7-5-21/h10-11H,4-9H2,1-3H3,(H,18,19). The number of aromatic nitrogens is 4. The van der Waals surface area contributed by atoms with Crippen LogP contribution in [-0.2, 0) is 16.6 Å². The van der Waals surface area contributed by atoms with E-state index in [-0.39, 0.29) is 17.9 Å². The van der Waals surface area contributed by atoms with E-state index in [1.54, 1.807) is 0 Å². The monoisotopic (exact) mass is 348 g/mol. The van der Waals surface area contributed by atoms with Crippen molar-refractivity contribution in [2.45, 2.75) is 20.0 Å². The van der Waals surface area contributed by atoms with Gasteiger partial charge in [0.2, 0.25) is 5.91 Å². The quantitative estimate of drug-likeness (QED) is 0.859. The van der Waals surface area contributed by atoms with Gasteiger partial charge in [-0.3, -0.25) is 14.5 Å². The van der Waals surface area contributed by atoms with Crippen molar-refractivity contribution in [3.05, 3.63) is 0 Å². The van der Waals surface area contributed by atoms with Crippen LogP contribution >= 0.6 is 0 Å². The van der Waals surface area contributed by atoms with Gasteiger partial charge in [0.25, 0.3) is 6.01 Å². The number of aromatic amines is 1. The van der Waals surface area contributed by atoms with Gasteiger partial charge in [-0.15, -0.1) is 0 Å². The molecule has 2 fully saturated rings. The van der Waals surface area contributed by atoms with Crippen molar-refractivity contribution in [2.75, 3.05) is 44.3 Å². The van der Waals surface area contributed by atoms with Gasteiger partial charge in [0, 0.05) is 26.1 Å². The Morgan fingerprint density at radius 1 is 1.32 bits per heavy atom. The van der Waals surface area contributed by atoms with E-state index in [4.69, 9.17) is 9.47 Å². The first-order valence-corrected chi connectivity index (χ1v) is 8.73. The smallest absolute Gasteiger partial charge is 0.298 e. The van der Waals surface area contributed by atoms with Crippen LogP contribution < -0.4 is 9.64 Å². The third-order valence-corrected chi connectivity index (χ3v) is 4.77. The highest BCUT2D eigenvalue weighted by Gasteiger charge is 2.34. The highest BCUT2D eigenvalue weighted by atomic mass is 16.5. The Bertz CT molecular complexity index is 770. The van der Waals surface area contributed by atoms with Crippen molar-refractivity contribution in [3.8, 4) is 6.01 Å². The van der Waals surface area contributed by atoms with Gasteiger partial charge in [-0.05, 0) is 0 Å². The number of nitrogens with zero attached hydrogens (tertiary/aromatic N) is 5. The summed E-state index contributed by atoms with van der Waals surface area (Å²) in [6, 6.07) is 0.555. The summed E-state index contributed by atoms with van der Waals surface area (Å²) in [5.41, 5.74) is 1.65. The molecule has 2 saturated heterocycles. The molecular formula is C16H24N6O3. The lowest BCUT2D eigenvalue weighted by molar-refractivity contribution is -0.143. The number of imidazole rings is 1. The molecule has 4 rings (SSSR count). The Balaban J connectivity index is 1.47. The fourth-order valence-corrected chi connectivity index (χ4v) is 3.23. The summed E-state index contributed by atoms with van der Waals surface area (Å²) in [6.07, 6.45) is -0.00676. The zero-order valence-corrected chi connectivity index (χ0v) is 14.9. The predicted octanol–water partition coefficient (Wildman–Crippen LogP) is 0.379. The second-order valence-electron chi connectivity index (χ2n) is 6.94. The van der Waals surface area contributed by atoms with Crippen LogP contribution in [0.1, 0.15) is 13.8 Å². The van der Waals surface area contributed by atoms with Crippen molar-refractivity contribution < 1.29 is 14.3 Å². The molecule has 1 amide bonds. The zero-order chi connectivity index (χ0) is 17.6. The summed E-state index contributed by atoms with van der Waals surface area (Å²) in [5.74, 6) is 1.04. The molecule has 0 unspecified atom stereocenters. The summed E-state index contributed by atoms with van der Waals surface area (Å²) in [4.78, 5) is 20.6. The summed E-state index contributed by atoms with van der Waals surface area (Å²) < 4.78 is 13.3. The average Bonchev–Trinajstić information content (AvgIpc) is 3.11. The first kappa shape index (κ1) is 16.2. The summed E-state index contributed by atoms with van der Waals surface area (Å²) in [5, 5.41) is 7.45. The highest BCUT2D eigenvalue weighted by molar-refractivity contribution is 5.85. The van der Waals surface area contributed by atoms with E-state index in [2.05, 4.69) is 20.1 Å². The van der Waals surface area contributed by atoms with E-state index in [1.165, 1.54) is 0 Å². The maximum Gasteiger partial charge on any atom is 0.298 e. The molecular weight excluding hydrogens is 324 g/mol. The number of aryl methyl sites for hydroxylation is 1. The predicted molar refractivity (Wildman–Crippen MR) is 91.7 cm³/mol. The Morgan fingerprint density at radius 3 is 2.72 bits per heavy atom. The van der Waals surface area contributed by atoms with Crippen molar-refractivity contribution >= 4 is 22.9 Å². The number of morpholine rings is 1. The molecule has 25 heavy (non-hydrogen) atoms. The van der Waals surface area contributed by atoms with Crippen LogP contribution in [0.25, 0.3) is 11.2 Å². The van der Waals surface area contributed by atoms with Crippen LogP contribution in [0.3, 0.4) is 0 Å². The van der Waals surface area contributed by atoms with Gasteiger partial charge in [-0.25, -0.2) is 0 Å². The van der Waals surface area contributed by atoms with E-state index in [0.717, 1.165) is 30.1 Å². The van der Waals surface area contributed by atoms with E-state index >= 15 is 0 Å². The second-order valence-corrected chi connectivity index (χ2v) is 6.94. The third-order valence-electron chi connectivity index (χ3n) is 4.77. The van der Waals surface area contributed by atoms with Crippen LogP contribution in [0, 0.1) is 5.92 Å². The first-order chi connectivity index (χ1) is 12.0. The molecule has 0 radical (unpaired) electrons. The van der Waals surface area contributed by atoms with Crippen LogP contribution in [0.5, 0.6) is 6.01 Å². The number of anilines is 1. The Hall–Kier alpha value is -2.29. The van der Waals surface area contributed by atoms with E-state index < -0.39 is 0 Å². The number of nitrogens with one attached hydrogen (secondary N) is 1. The number of rotatable bonds is 4. The average molecular weight is 348 g/mol. The molecule has 0 saturated carbocycles. The lowest BCUT2D eigenvalue weighted by Gasteiger charge is -2.39. The summed E-state index contributed by atoms with van der Waals surface area (Å²) >= 11 is 0. The largest absolute Gasteiger partial charge is 0.458 e. The second kappa shape index (κ2) is 6.21. The van der Waals surface area contributed by atoms with E-state index in [9.17, 15) is 4.79 Å². The summed E-state index contributed by atoms with van der Waals surface area (Å²) in [7, 11) is 1.90. The molecule has 0 aromatic carbocycles. The number of carbonyl (C=O) groups excluding carboxylic acids is 1. The molecule has 2 aliphatic heterocycles. The molecule has 136 valence electrons. The number of hydrogen-bond acceptors (Lipinski definition) is 6. The topological polar surface area (TPSA) is 88.5 Å². The molecule has 0 bridgehead atoms. The minimum absolute atomic E-state index is 0.00676. The van der Waals surface area contributed by atoms with Crippen LogP contribution in [0.2, 0.25) is 0 Å². The molecule has 2 aliphatic rings. The van der Waals surface area contributed by atoms with Gasteiger partial charge >= 0.3 is 0 Å². The lowest BCUT2D eigenvalue weighted by Crippen LogP contribution is -2.57. The van der Waals surface area contributed by atoms with Crippen molar-refractivity contribution in [3.63, 3.8) is 0 Å². The fourth-order valence-electron chi connectivity index (χ4n) is 3.23. The van der Waals surface area contributed by atoms with Gasteiger partial charge in [0.05, 0.1) is 26.3 Å². The molecule has 0 atom stereocenters. The molecule has 2 aromatic rings. The SMILES string of the molecule is CC(C)C(=O)N1CC(Oc2nc3c(N4CCOCC4)n[nH]c3n2C)C1. The molecule has 0 spiro atoms. The van der Waals surface area contributed by atoms with Crippen LogP contribution in [0.4, 0.5) is 5.82 Å². The molecule has 9 heteroatoms. The van der Waals surface area contributed by atoms with Crippen LogP contribution in [-0.4, -0.2) is 76.1 Å². The molecule has 9 nitrogen and oxygen atoms in total. The van der Waals surface area contributed by atoms with Crippen LogP contribution in [0.15, 0.2) is 0 Å². The number of ether oxygens (including phenoxy) is 2. The van der Waals surface area contributed by atoms with Crippen molar-refractivity contribution in [1.82, 2.24) is 24.6 Å². The molecule has 1 N–H and O–H groups in total. The number of fused-ring (bicyclic) bond motifs is 1. The normalized spacial score (nSPS) is 18.9. The summed E-state index contributed by atoms with van der Waals surface area (Å²) in [6.45, 7) is 8.08. The zero-order valence-electron chi connectivity index (χ0n) is 14.9.